The van der Waals surface area contributed by atoms with Gasteiger partial charge in [-0.15, -0.1) is 0 Å². The summed E-state index contributed by atoms with van der Waals surface area (Å²) in [7, 11) is 0. The average molecular weight is 653 g/mol. The standard InChI is InChI=1S/C34H40F2N4O2.2K/c1-23(41-15-7-3-5-13-35)31-19-29-18-27-10-9-25(37-27)17-26-11-12-28(38-26)21-33-32(20-30(40-33)22-34(31)39-29)24(2)42-16-8-4-6-14-36;;/h9-12,17-24,39-40H,3-8,13-16H2,1-2H3;;. The molecule has 2 unspecified atom stereocenters. The first kappa shape index (κ1) is 38.1. The van der Waals surface area contributed by atoms with Crippen LogP contribution in [0.3, 0.4) is 0 Å². The van der Waals surface area contributed by atoms with Crippen LogP contribution in [-0.4, -0.2) is 149 Å². The van der Waals surface area contributed by atoms with Crippen LogP contribution in [0.25, 0.3) is 46.4 Å². The van der Waals surface area contributed by atoms with Crippen LogP contribution in [-0.2, 0) is 9.47 Å². The molecule has 5 heterocycles. The second-order valence-corrected chi connectivity index (χ2v) is 10.9. The van der Waals surface area contributed by atoms with Gasteiger partial charge in [0.1, 0.15) is 0 Å². The maximum Gasteiger partial charge on any atom is 0.0894 e. The number of alkyl halides is 2. The van der Waals surface area contributed by atoms with Gasteiger partial charge in [-0.25, -0.2) is 9.97 Å². The van der Waals surface area contributed by atoms with E-state index in [0.29, 0.717) is 26.1 Å². The zero-order valence-corrected chi connectivity index (χ0v) is 32.7. The third-order valence-corrected chi connectivity index (χ3v) is 7.53. The summed E-state index contributed by atoms with van der Waals surface area (Å²) in [6.45, 7) is 4.67. The van der Waals surface area contributed by atoms with Crippen molar-refractivity contribution in [3.05, 3.63) is 70.3 Å². The number of nitrogens with one attached hydrogen (secondary N) is 2. The van der Waals surface area contributed by atoms with Crippen LogP contribution in [0.4, 0.5) is 8.78 Å². The number of ether oxygens (including phenoxy) is 2. The summed E-state index contributed by atoms with van der Waals surface area (Å²) in [5, 5.41) is 0. The van der Waals surface area contributed by atoms with E-state index in [1.165, 1.54) is 0 Å². The molecule has 0 spiro atoms. The van der Waals surface area contributed by atoms with E-state index >= 15 is 0 Å². The van der Waals surface area contributed by atoms with Gasteiger partial charge in [-0.2, -0.15) is 0 Å². The molecule has 8 bridgehead atoms. The monoisotopic (exact) mass is 652 g/mol. The molecule has 2 atom stereocenters. The largest absolute Gasteiger partial charge is 0.374 e. The van der Waals surface area contributed by atoms with E-state index in [1.807, 2.05) is 56.4 Å². The third kappa shape index (κ3) is 10.8. The molecule has 0 aliphatic carbocycles. The molecule has 3 aromatic rings. The molecule has 2 aliphatic heterocycles. The number of nitrogens with zero attached hydrogens (tertiary/aromatic N) is 2. The summed E-state index contributed by atoms with van der Waals surface area (Å²) in [5.74, 6) is 0. The number of hydrogen-bond acceptors (Lipinski definition) is 4. The molecule has 2 N–H and O–H groups in total. The van der Waals surface area contributed by atoms with Crippen LogP contribution >= 0.6 is 0 Å². The van der Waals surface area contributed by atoms with Crippen molar-refractivity contribution in [2.24, 2.45) is 0 Å². The summed E-state index contributed by atoms with van der Waals surface area (Å²) in [4.78, 5) is 16.7. The molecule has 3 aromatic heterocycles. The number of fused-ring (bicyclic) bond motifs is 8. The van der Waals surface area contributed by atoms with Gasteiger partial charge in [0, 0.05) is 149 Å². The summed E-state index contributed by atoms with van der Waals surface area (Å²) in [6.07, 6.45) is 12.1. The summed E-state index contributed by atoms with van der Waals surface area (Å²) in [5.41, 5.74) is 9.18. The van der Waals surface area contributed by atoms with Crippen LogP contribution in [0.5, 0.6) is 0 Å². The van der Waals surface area contributed by atoms with Crippen molar-refractivity contribution >= 4 is 149 Å². The average Bonchev–Trinajstić information content (AvgIpc) is 3.77. The molecule has 2 radical (unpaired) electrons. The van der Waals surface area contributed by atoms with Crippen LogP contribution < -0.4 is 0 Å². The van der Waals surface area contributed by atoms with E-state index in [1.54, 1.807) is 0 Å². The van der Waals surface area contributed by atoms with Crippen molar-refractivity contribution in [3.63, 3.8) is 0 Å². The molecular weight excluding hydrogens is 613 g/mol. The Morgan fingerprint density at radius 1 is 0.568 bits per heavy atom. The van der Waals surface area contributed by atoms with E-state index in [0.717, 1.165) is 81.7 Å². The Morgan fingerprint density at radius 3 is 1.50 bits per heavy atom. The van der Waals surface area contributed by atoms with E-state index in [2.05, 4.69) is 28.2 Å². The Kier molecular flexibility index (Phi) is 16.9. The molecule has 6 nitrogen and oxygen atoms in total. The van der Waals surface area contributed by atoms with Gasteiger partial charge in [0.05, 0.1) is 48.3 Å². The van der Waals surface area contributed by atoms with Gasteiger partial charge in [-0.1, -0.05) is 0 Å². The molecule has 0 saturated heterocycles. The van der Waals surface area contributed by atoms with Gasteiger partial charge < -0.3 is 19.4 Å². The van der Waals surface area contributed by atoms with Crippen molar-refractivity contribution in [1.82, 2.24) is 19.9 Å². The Hall–Kier alpha value is -0.347. The van der Waals surface area contributed by atoms with Gasteiger partial charge in [-0.05, 0) is 113 Å². The molecule has 44 heavy (non-hydrogen) atoms. The van der Waals surface area contributed by atoms with Crippen LogP contribution in [0.1, 0.15) is 98.5 Å². The van der Waals surface area contributed by atoms with Crippen molar-refractivity contribution in [2.45, 2.75) is 64.6 Å². The van der Waals surface area contributed by atoms with E-state index in [-0.39, 0.29) is 128 Å². The van der Waals surface area contributed by atoms with Crippen molar-refractivity contribution in [1.29, 1.82) is 0 Å². The van der Waals surface area contributed by atoms with Crippen molar-refractivity contribution in [3.8, 4) is 0 Å². The van der Waals surface area contributed by atoms with E-state index in [9.17, 15) is 8.78 Å². The van der Waals surface area contributed by atoms with Gasteiger partial charge in [0.15, 0.2) is 0 Å². The first-order valence-corrected chi connectivity index (χ1v) is 15.0. The van der Waals surface area contributed by atoms with Gasteiger partial charge >= 0.3 is 0 Å². The second-order valence-electron chi connectivity index (χ2n) is 10.9. The van der Waals surface area contributed by atoms with Crippen LogP contribution in [0, 0.1) is 0 Å². The number of rotatable bonds is 14. The van der Waals surface area contributed by atoms with Crippen molar-refractivity contribution in [2.75, 3.05) is 26.6 Å². The molecule has 0 saturated carbocycles. The minimum atomic E-state index is -0.288. The number of halogens is 2. The minimum Gasteiger partial charge on any atom is -0.374 e. The number of H-pyrrole nitrogens is 2. The maximum atomic E-state index is 12.5. The zero-order valence-electron chi connectivity index (χ0n) is 26.5. The summed E-state index contributed by atoms with van der Waals surface area (Å²) >= 11 is 0. The molecule has 0 aromatic carbocycles. The molecule has 2 aliphatic rings. The number of aromatic amines is 2. The normalized spacial score (nSPS) is 13.4. The summed E-state index contributed by atoms with van der Waals surface area (Å²) in [6, 6.07) is 12.4. The predicted octanol–water partition coefficient (Wildman–Crippen LogP) is 8.33. The van der Waals surface area contributed by atoms with E-state index < -0.39 is 0 Å². The van der Waals surface area contributed by atoms with Gasteiger partial charge in [-0.3, -0.25) is 8.78 Å². The number of unbranched alkanes of at least 4 members (excludes halogenated alkanes) is 4. The molecular formula is C34H40F2K2N4O2. The van der Waals surface area contributed by atoms with Crippen LogP contribution in [0.15, 0.2) is 36.4 Å². The Bertz CT molecular complexity index is 1580. The van der Waals surface area contributed by atoms with Crippen molar-refractivity contribution < 1.29 is 18.3 Å². The Morgan fingerprint density at radius 2 is 1.00 bits per heavy atom. The Balaban J connectivity index is 0.00000264. The first-order chi connectivity index (χ1) is 20.5. The number of aromatic nitrogens is 4. The fourth-order valence-electron chi connectivity index (χ4n) is 5.26. The fourth-order valence-corrected chi connectivity index (χ4v) is 5.26. The van der Waals surface area contributed by atoms with E-state index in [4.69, 9.17) is 19.4 Å². The zero-order chi connectivity index (χ0) is 29.3. The first-order valence-electron chi connectivity index (χ1n) is 15.0. The maximum absolute atomic E-state index is 12.5. The van der Waals surface area contributed by atoms with Gasteiger partial charge in [0.2, 0.25) is 0 Å². The fraction of sp³-hybridized carbons (Fsp3) is 0.412. The molecule has 10 heteroatoms. The van der Waals surface area contributed by atoms with Crippen LogP contribution in [0.2, 0.25) is 0 Å². The smallest absolute Gasteiger partial charge is 0.0894 e. The predicted molar refractivity (Wildman–Crippen MR) is 179 cm³/mol. The summed E-state index contributed by atoms with van der Waals surface area (Å²) < 4.78 is 37.3. The quantitative estimate of drug-likeness (QED) is 0.0935. The second kappa shape index (κ2) is 19.5. The Labute approximate surface area is 343 Å². The topological polar surface area (TPSA) is 75.8 Å². The number of hydrogen-bond donors (Lipinski definition) is 2. The SMILES string of the molecule is CC(OCCCCCF)c1cc2cc3[nH]c(cc4nc(cc5nc(cc1[nH]2)C=C5)C=C4)cc3C(C)OCCCCCF.[K].[K]. The molecule has 5 rings (SSSR count). The van der Waals surface area contributed by atoms with Gasteiger partial charge in [0.25, 0.3) is 0 Å². The third-order valence-electron chi connectivity index (χ3n) is 7.53. The molecule has 0 amide bonds. The minimum absolute atomic E-state index is 0. The molecule has 0 fully saturated rings. The molecule has 224 valence electrons.